The Labute approximate surface area is 200 Å². The van der Waals surface area contributed by atoms with Crippen LogP contribution in [0.3, 0.4) is 0 Å². The first kappa shape index (κ1) is 25.8. The van der Waals surface area contributed by atoms with Gasteiger partial charge in [-0.3, -0.25) is 9.59 Å². The van der Waals surface area contributed by atoms with Gasteiger partial charge in [0.25, 0.3) is 0 Å². The van der Waals surface area contributed by atoms with Gasteiger partial charge in [0.05, 0.1) is 30.7 Å². The Balaban J connectivity index is 1.66. The molecule has 2 heterocycles. The molecule has 1 aromatic heterocycles. The molecule has 2 aromatic rings. The summed E-state index contributed by atoms with van der Waals surface area (Å²) >= 11 is 0. The summed E-state index contributed by atoms with van der Waals surface area (Å²) in [7, 11) is -2.23. The summed E-state index contributed by atoms with van der Waals surface area (Å²) in [5.74, 6) is -0.0503. The summed E-state index contributed by atoms with van der Waals surface area (Å²) < 4.78 is 37.9. The topological polar surface area (TPSA) is 118 Å². The van der Waals surface area contributed by atoms with Gasteiger partial charge in [0, 0.05) is 13.1 Å². The Morgan fingerprint density at radius 1 is 1.24 bits per heavy atom. The number of sulfonamides is 1. The van der Waals surface area contributed by atoms with Gasteiger partial charge < -0.3 is 19.8 Å². The van der Waals surface area contributed by atoms with Gasteiger partial charge in [-0.2, -0.15) is 4.31 Å². The Morgan fingerprint density at radius 3 is 2.59 bits per heavy atom. The summed E-state index contributed by atoms with van der Waals surface area (Å²) in [4.78, 5) is 26.1. The van der Waals surface area contributed by atoms with Crippen molar-refractivity contribution < 1.29 is 27.2 Å². The van der Waals surface area contributed by atoms with Crippen LogP contribution >= 0.6 is 0 Å². The van der Waals surface area contributed by atoms with Crippen LogP contribution < -0.4 is 15.4 Å². The molecule has 0 radical (unpaired) electrons. The Hall–Kier alpha value is -2.85. The van der Waals surface area contributed by atoms with Crippen molar-refractivity contribution in [2.75, 3.05) is 20.2 Å². The van der Waals surface area contributed by atoms with E-state index in [9.17, 15) is 18.0 Å². The van der Waals surface area contributed by atoms with Crippen molar-refractivity contribution in [1.82, 2.24) is 14.9 Å². The van der Waals surface area contributed by atoms with Gasteiger partial charge in [0.1, 0.15) is 17.6 Å². The van der Waals surface area contributed by atoms with E-state index in [4.69, 9.17) is 9.15 Å². The van der Waals surface area contributed by atoms with Crippen LogP contribution in [0.25, 0.3) is 0 Å². The summed E-state index contributed by atoms with van der Waals surface area (Å²) in [5, 5.41) is 5.68. The minimum atomic E-state index is -3.74. The second-order valence-corrected chi connectivity index (χ2v) is 10.5. The normalized spacial score (nSPS) is 18.6. The van der Waals surface area contributed by atoms with Gasteiger partial charge in [0.2, 0.25) is 21.8 Å². The molecule has 0 spiro atoms. The number of furan rings is 1. The average molecular weight is 492 g/mol. The number of hydrogen-bond acceptors (Lipinski definition) is 6. The first-order chi connectivity index (χ1) is 16.3. The molecule has 0 saturated carbocycles. The minimum Gasteiger partial charge on any atom is -0.497 e. The average Bonchev–Trinajstić information content (AvgIpc) is 3.39. The van der Waals surface area contributed by atoms with E-state index in [2.05, 4.69) is 10.6 Å². The number of hydrogen-bond donors (Lipinski definition) is 2. The molecule has 34 heavy (non-hydrogen) atoms. The monoisotopic (exact) mass is 491 g/mol. The second-order valence-electron chi connectivity index (χ2n) is 8.55. The number of carbonyl (C=O) groups excluding carboxylic acids is 2. The van der Waals surface area contributed by atoms with Crippen molar-refractivity contribution in [3.8, 4) is 5.75 Å². The van der Waals surface area contributed by atoms with Crippen LogP contribution in [0.15, 0.2) is 52.0 Å². The molecular formula is C24H33N3O6S. The third-order valence-corrected chi connectivity index (χ3v) is 8.14. The summed E-state index contributed by atoms with van der Waals surface area (Å²) in [6.07, 6.45) is 3.35. The first-order valence-electron chi connectivity index (χ1n) is 11.5. The minimum absolute atomic E-state index is 0.0709. The Bertz CT molecular complexity index is 1050. The molecule has 1 aliphatic heterocycles. The quantitative estimate of drug-likeness (QED) is 0.527. The summed E-state index contributed by atoms with van der Waals surface area (Å²) in [6.45, 7) is 4.50. The number of piperidine rings is 1. The maximum absolute atomic E-state index is 13.1. The zero-order valence-electron chi connectivity index (χ0n) is 19.8. The van der Waals surface area contributed by atoms with E-state index in [-0.39, 0.29) is 35.7 Å². The van der Waals surface area contributed by atoms with Crippen LogP contribution in [0.2, 0.25) is 0 Å². The van der Waals surface area contributed by atoms with Crippen molar-refractivity contribution in [3.05, 3.63) is 48.4 Å². The maximum Gasteiger partial charge on any atom is 0.243 e. The SMILES string of the molecule is CC[C@H](C)[C@H](NC(=O)[C@@H]1CCCN(S(=O)(=O)c2ccc(OC)cc2)C1)C(=O)NCc1ccco1. The number of amides is 2. The molecule has 1 saturated heterocycles. The molecule has 1 aromatic carbocycles. The number of ether oxygens (including phenoxy) is 1. The smallest absolute Gasteiger partial charge is 0.243 e. The van der Waals surface area contributed by atoms with Crippen LogP contribution in [0.4, 0.5) is 0 Å². The predicted octanol–water partition coefficient (Wildman–Crippen LogP) is 2.54. The number of nitrogens with zero attached hydrogens (tertiary/aromatic N) is 1. The molecule has 0 bridgehead atoms. The third-order valence-electron chi connectivity index (χ3n) is 6.26. The van der Waals surface area contributed by atoms with E-state index in [0.29, 0.717) is 37.3 Å². The lowest BCUT2D eigenvalue weighted by Gasteiger charge is -2.32. The van der Waals surface area contributed by atoms with Gasteiger partial charge in [-0.05, 0) is 55.2 Å². The van der Waals surface area contributed by atoms with E-state index < -0.39 is 22.0 Å². The van der Waals surface area contributed by atoms with Crippen molar-refractivity contribution in [1.29, 1.82) is 0 Å². The molecule has 0 unspecified atom stereocenters. The zero-order chi connectivity index (χ0) is 24.7. The van der Waals surface area contributed by atoms with Gasteiger partial charge in [-0.15, -0.1) is 0 Å². The standard InChI is InChI=1S/C24H33N3O6S/c1-4-17(2)22(24(29)25-15-20-8-6-14-33-20)26-23(28)18-7-5-13-27(16-18)34(30,31)21-11-9-19(32-3)10-12-21/h6,8-12,14,17-18,22H,4-5,7,13,15-16H2,1-3H3,(H,25,29)(H,26,28)/t17-,18+,22-/m0/s1. The van der Waals surface area contributed by atoms with Crippen molar-refractivity contribution in [2.45, 2.75) is 50.6 Å². The van der Waals surface area contributed by atoms with Crippen molar-refractivity contribution in [2.24, 2.45) is 11.8 Å². The fourth-order valence-corrected chi connectivity index (χ4v) is 5.47. The number of benzene rings is 1. The molecule has 2 amide bonds. The van der Waals surface area contributed by atoms with Crippen molar-refractivity contribution in [3.63, 3.8) is 0 Å². The number of rotatable bonds is 10. The van der Waals surface area contributed by atoms with Crippen LogP contribution in [0, 0.1) is 11.8 Å². The maximum atomic E-state index is 13.1. The first-order valence-corrected chi connectivity index (χ1v) is 12.9. The van der Waals surface area contributed by atoms with Crippen molar-refractivity contribution >= 4 is 21.8 Å². The number of nitrogens with one attached hydrogen (secondary N) is 2. The third kappa shape index (κ3) is 6.18. The van der Waals surface area contributed by atoms with Gasteiger partial charge in [-0.1, -0.05) is 20.3 Å². The van der Waals surface area contributed by atoms with E-state index in [1.807, 2.05) is 13.8 Å². The van der Waals surface area contributed by atoms with Gasteiger partial charge >= 0.3 is 0 Å². The molecule has 1 fully saturated rings. The lowest BCUT2D eigenvalue weighted by molar-refractivity contribution is -0.133. The van der Waals surface area contributed by atoms with E-state index >= 15 is 0 Å². The highest BCUT2D eigenvalue weighted by Gasteiger charge is 2.35. The summed E-state index contributed by atoms with van der Waals surface area (Å²) in [5.41, 5.74) is 0. The van der Waals surface area contributed by atoms with E-state index in [1.54, 1.807) is 24.3 Å². The number of methoxy groups -OCH3 is 1. The van der Waals surface area contributed by atoms with E-state index in [0.717, 1.165) is 0 Å². The highest BCUT2D eigenvalue weighted by atomic mass is 32.2. The zero-order valence-corrected chi connectivity index (χ0v) is 20.6. The van der Waals surface area contributed by atoms with Crippen LogP contribution in [-0.2, 0) is 26.2 Å². The largest absolute Gasteiger partial charge is 0.497 e. The lowest BCUT2D eigenvalue weighted by Crippen LogP contribution is -2.53. The highest BCUT2D eigenvalue weighted by molar-refractivity contribution is 7.89. The molecule has 9 nitrogen and oxygen atoms in total. The molecular weight excluding hydrogens is 458 g/mol. The van der Waals surface area contributed by atoms with Crippen LogP contribution in [0.1, 0.15) is 38.9 Å². The second kappa shape index (κ2) is 11.5. The molecule has 10 heteroatoms. The molecule has 3 atom stereocenters. The Morgan fingerprint density at radius 2 is 1.97 bits per heavy atom. The van der Waals surface area contributed by atoms with E-state index in [1.165, 1.54) is 29.8 Å². The fourth-order valence-electron chi connectivity index (χ4n) is 3.94. The molecule has 0 aliphatic carbocycles. The summed E-state index contributed by atoms with van der Waals surface area (Å²) in [6, 6.07) is 8.97. The Kier molecular flexibility index (Phi) is 8.73. The van der Waals surface area contributed by atoms with Crippen LogP contribution in [0.5, 0.6) is 5.75 Å². The molecule has 186 valence electrons. The molecule has 2 N–H and O–H groups in total. The van der Waals surface area contributed by atoms with Gasteiger partial charge in [0.15, 0.2) is 0 Å². The van der Waals surface area contributed by atoms with Gasteiger partial charge in [-0.25, -0.2) is 8.42 Å². The lowest BCUT2D eigenvalue weighted by atomic mass is 9.95. The predicted molar refractivity (Wildman–Crippen MR) is 126 cm³/mol. The van der Waals surface area contributed by atoms with Crippen LogP contribution in [-0.4, -0.2) is 50.8 Å². The molecule has 3 rings (SSSR count). The molecule has 1 aliphatic rings. The fraction of sp³-hybridized carbons (Fsp3) is 0.500. The highest BCUT2D eigenvalue weighted by Crippen LogP contribution is 2.25. The number of carbonyl (C=O) groups is 2.